The number of esters is 1. The third-order valence-electron chi connectivity index (χ3n) is 3.96. The molecule has 1 unspecified atom stereocenters. The fourth-order valence-corrected chi connectivity index (χ4v) is 3.09. The van der Waals surface area contributed by atoms with Gasteiger partial charge in [0.1, 0.15) is 6.10 Å². The highest BCUT2D eigenvalue weighted by Gasteiger charge is 2.28. The summed E-state index contributed by atoms with van der Waals surface area (Å²) in [6.45, 7) is 0.979. The lowest BCUT2D eigenvalue weighted by Crippen LogP contribution is -2.39. The first kappa shape index (κ1) is 19.4. The minimum Gasteiger partial charge on any atom is -0.469 e. The molecule has 25 heavy (non-hydrogen) atoms. The molecule has 1 atom stereocenters. The Balaban J connectivity index is 2.11. The average Bonchev–Trinajstić information content (AvgIpc) is 3.11. The van der Waals surface area contributed by atoms with E-state index in [2.05, 4.69) is 4.74 Å². The van der Waals surface area contributed by atoms with Crippen molar-refractivity contribution in [3.63, 3.8) is 0 Å². The normalized spacial score (nSPS) is 17.3. The molecular formula is C16H22N2O6S. The van der Waals surface area contributed by atoms with Crippen LogP contribution in [0.3, 0.4) is 0 Å². The molecule has 138 valence electrons. The Morgan fingerprint density at radius 3 is 2.52 bits per heavy atom. The summed E-state index contributed by atoms with van der Waals surface area (Å²) in [5.41, 5.74) is 0.726. The standard InChI is InChI=1S/C16H22N2O6S/c1-23-15(19)8-9-18(16(20)14-3-2-10-24-14)11-12-4-6-13(7-5-12)25(17,21)22/h4-7,14H,2-3,8-11H2,1H3,(H2,17,21,22). The SMILES string of the molecule is COC(=O)CCN(Cc1ccc(S(N)(=O)=O)cc1)C(=O)C1CCCO1. The van der Waals surface area contributed by atoms with E-state index in [1.54, 1.807) is 12.1 Å². The van der Waals surface area contributed by atoms with Gasteiger partial charge >= 0.3 is 5.97 Å². The maximum atomic E-state index is 12.6. The monoisotopic (exact) mass is 370 g/mol. The largest absolute Gasteiger partial charge is 0.469 e. The fraction of sp³-hybridized carbons (Fsp3) is 0.500. The number of primary sulfonamides is 1. The minimum atomic E-state index is -3.76. The van der Waals surface area contributed by atoms with Crippen LogP contribution >= 0.6 is 0 Å². The lowest BCUT2D eigenvalue weighted by Gasteiger charge is -2.25. The molecule has 1 aromatic carbocycles. The molecule has 9 heteroatoms. The van der Waals surface area contributed by atoms with Gasteiger partial charge < -0.3 is 14.4 Å². The predicted octanol–water partition coefficient (Wildman–Crippen LogP) is 0.405. The van der Waals surface area contributed by atoms with Gasteiger partial charge in [0.2, 0.25) is 10.0 Å². The van der Waals surface area contributed by atoms with E-state index in [-0.39, 0.29) is 30.3 Å². The Hall–Kier alpha value is -1.97. The zero-order chi connectivity index (χ0) is 18.4. The Morgan fingerprint density at radius 1 is 1.32 bits per heavy atom. The highest BCUT2D eigenvalue weighted by atomic mass is 32.2. The highest BCUT2D eigenvalue weighted by Crippen LogP contribution is 2.18. The molecule has 0 spiro atoms. The van der Waals surface area contributed by atoms with Crippen molar-refractivity contribution in [1.29, 1.82) is 0 Å². The molecular weight excluding hydrogens is 348 g/mol. The molecule has 1 aliphatic rings. The number of benzene rings is 1. The molecule has 0 saturated carbocycles. The number of sulfonamides is 1. The van der Waals surface area contributed by atoms with E-state index < -0.39 is 22.1 Å². The Morgan fingerprint density at radius 2 is 2.00 bits per heavy atom. The number of nitrogens with two attached hydrogens (primary N) is 1. The van der Waals surface area contributed by atoms with Crippen LogP contribution in [0.5, 0.6) is 0 Å². The van der Waals surface area contributed by atoms with Gasteiger partial charge in [0, 0.05) is 19.7 Å². The van der Waals surface area contributed by atoms with Gasteiger partial charge in [0.05, 0.1) is 18.4 Å². The Bertz CT molecular complexity index is 711. The molecule has 2 N–H and O–H groups in total. The summed E-state index contributed by atoms with van der Waals surface area (Å²) in [6.07, 6.45) is 1.05. The minimum absolute atomic E-state index is 0.00261. The first-order chi connectivity index (χ1) is 11.8. The van der Waals surface area contributed by atoms with Crippen LogP contribution in [-0.4, -0.2) is 51.6 Å². The van der Waals surface area contributed by atoms with E-state index in [0.29, 0.717) is 13.0 Å². The zero-order valence-corrected chi connectivity index (χ0v) is 14.8. The maximum Gasteiger partial charge on any atom is 0.307 e. The van der Waals surface area contributed by atoms with E-state index in [4.69, 9.17) is 9.88 Å². The van der Waals surface area contributed by atoms with Crippen molar-refractivity contribution in [3.8, 4) is 0 Å². The summed E-state index contributed by atoms with van der Waals surface area (Å²) in [6, 6.07) is 5.96. The number of hydrogen-bond acceptors (Lipinski definition) is 6. The first-order valence-corrected chi connectivity index (χ1v) is 9.45. The third kappa shape index (κ3) is 5.52. The summed E-state index contributed by atoms with van der Waals surface area (Å²) < 4.78 is 32.7. The molecule has 1 aliphatic heterocycles. The van der Waals surface area contributed by atoms with Crippen molar-refractivity contribution in [2.45, 2.75) is 36.8 Å². The smallest absolute Gasteiger partial charge is 0.307 e. The van der Waals surface area contributed by atoms with Crippen molar-refractivity contribution in [3.05, 3.63) is 29.8 Å². The highest BCUT2D eigenvalue weighted by molar-refractivity contribution is 7.89. The number of methoxy groups -OCH3 is 1. The van der Waals surface area contributed by atoms with Gasteiger partial charge in [-0.2, -0.15) is 0 Å². The second-order valence-electron chi connectivity index (χ2n) is 5.78. The summed E-state index contributed by atoms with van der Waals surface area (Å²) in [5.74, 6) is -0.591. The summed E-state index contributed by atoms with van der Waals surface area (Å²) in [4.78, 5) is 25.5. The van der Waals surface area contributed by atoms with Gasteiger partial charge in [-0.05, 0) is 30.5 Å². The molecule has 1 amide bonds. The second-order valence-corrected chi connectivity index (χ2v) is 7.34. The lowest BCUT2D eigenvalue weighted by atomic mass is 10.1. The molecule has 1 saturated heterocycles. The van der Waals surface area contributed by atoms with Gasteiger partial charge in [-0.3, -0.25) is 9.59 Å². The van der Waals surface area contributed by atoms with E-state index in [1.165, 1.54) is 24.1 Å². The van der Waals surface area contributed by atoms with Crippen LogP contribution in [0.15, 0.2) is 29.2 Å². The topological polar surface area (TPSA) is 116 Å². The van der Waals surface area contributed by atoms with Crippen molar-refractivity contribution in [1.82, 2.24) is 4.90 Å². The van der Waals surface area contributed by atoms with Crippen molar-refractivity contribution < 1.29 is 27.5 Å². The predicted molar refractivity (Wildman–Crippen MR) is 88.8 cm³/mol. The second kappa shape index (κ2) is 8.41. The lowest BCUT2D eigenvalue weighted by molar-refractivity contribution is -0.144. The van der Waals surface area contributed by atoms with Crippen LogP contribution < -0.4 is 5.14 Å². The van der Waals surface area contributed by atoms with E-state index in [0.717, 1.165) is 12.0 Å². The van der Waals surface area contributed by atoms with Gasteiger partial charge in [-0.25, -0.2) is 13.6 Å². The Kier molecular flexibility index (Phi) is 6.51. The molecule has 0 radical (unpaired) electrons. The number of carbonyl (C=O) groups excluding carboxylic acids is 2. The summed E-state index contributed by atoms with van der Waals surface area (Å²) >= 11 is 0. The van der Waals surface area contributed by atoms with Gasteiger partial charge in [0.25, 0.3) is 5.91 Å². The maximum absolute atomic E-state index is 12.6. The summed E-state index contributed by atoms with van der Waals surface area (Å²) in [5, 5.41) is 5.08. The first-order valence-electron chi connectivity index (χ1n) is 7.90. The molecule has 1 aromatic rings. The third-order valence-corrected chi connectivity index (χ3v) is 4.88. The fourth-order valence-electron chi connectivity index (χ4n) is 2.58. The molecule has 0 aromatic heterocycles. The molecule has 0 bridgehead atoms. The average molecular weight is 370 g/mol. The number of amides is 1. The van der Waals surface area contributed by atoms with Crippen LogP contribution in [0.4, 0.5) is 0 Å². The zero-order valence-electron chi connectivity index (χ0n) is 14.0. The van der Waals surface area contributed by atoms with E-state index in [1.807, 2.05) is 0 Å². The van der Waals surface area contributed by atoms with Crippen LogP contribution in [0.25, 0.3) is 0 Å². The van der Waals surface area contributed by atoms with E-state index in [9.17, 15) is 18.0 Å². The van der Waals surface area contributed by atoms with Crippen molar-refractivity contribution >= 4 is 21.9 Å². The van der Waals surface area contributed by atoms with Gasteiger partial charge in [-0.1, -0.05) is 12.1 Å². The van der Waals surface area contributed by atoms with Crippen LogP contribution in [0, 0.1) is 0 Å². The van der Waals surface area contributed by atoms with Crippen molar-refractivity contribution in [2.24, 2.45) is 5.14 Å². The summed E-state index contributed by atoms with van der Waals surface area (Å²) in [7, 11) is -2.47. The van der Waals surface area contributed by atoms with E-state index >= 15 is 0 Å². The number of ether oxygens (including phenoxy) is 2. The van der Waals surface area contributed by atoms with Gasteiger partial charge in [-0.15, -0.1) is 0 Å². The molecule has 2 rings (SSSR count). The molecule has 1 heterocycles. The number of carbonyl (C=O) groups is 2. The number of nitrogens with zero attached hydrogens (tertiary/aromatic N) is 1. The number of hydrogen-bond donors (Lipinski definition) is 1. The molecule has 1 fully saturated rings. The van der Waals surface area contributed by atoms with Gasteiger partial charge in [0.15, 0.2) is 0 Å². The molecule has 0 aliphatic carbocycles. The quantitative estimate of drug-likeness (QED) is 0.695. The molecule has 8 nitrogen and oxygen atoms in total. The van der Waals surface area contributed by atoms with Crippen LogP contribution in [-0.2, 0) is 35.6 Å². The van der Waals surface area contributed by atoms with Crippen LogP contribution in [0.1, 0.15) is 24.8 Å². The number of rotatable bonds is 7. The Labute approximate surface area is 146 Å². The van der Waals surface area contributed by atoms with Crippen molar-refractivity contribution in [2.75, 3.05) is 20.3 Å². The van der Waals surface area contributed by atoms with Crippen LogP contribution in [0.2, 0.25) is 0 Å².